The van der Waals surface area contributed by atoms with Crippen LogP contribution in [0.15, 0.2) is 0 Å². The molecule has 0 aromatic heterocycles. The Kier molecular flexibility index (Phi) is 22.3. The molecule has 111 valence electrons. The van der Waals surface area contributed by atoms with Gasteiger partial charge in [0.15, 0.2) is 0 Å². The average Bonchev–Trinajstić information content (AvgIpc) is 2.38. The Morgan fingerprint density at radius 1 is 0.684 bits per heavy atom. The number of unbranched alkanes of at least 4 members (excludes halogenated alkanes) is 10. The van der Waals surface area contributed by atoms with Gasteiger partial charge in [0.05, 0.1) is 0 Å². The van der Waals surface area contributed by atoms with Crippen LogP contribution >= 0.6 is 0 Å². The van der Waals surface area contributed by atoms with Crippen LogP contribution in [-0.2, 0) is 0 Å². The molecule has 0 aliphatic carbocycles. The van der Waals surface area contributed by atoms with Crippen molar-refractivity contribution < 1.29 is 0 Å². The summed E-state index contributed by atoms with van der Waals surface area (Å²) >= 11 is 0. The minimum atomic E-state index is 0. The van der Waals surface area contributed by atoms with Gasteiger partial charge >= 0.3 is 29.6 Å². The topological polar surface area (TPSA) is 0 Å². The van der Waals surface area contributed by atoms with Gasteiger partial charge in [0, 0.05) is 0 Å². The Bertz CT molecular complexity index is 145. The normalized spacial score (nSPS) is 12.2. The fourth-order valence-electron chi connectivity index (χ4n) is 2.62. The Morgan fingerprint density at radius 3 is 1.58 bits per heavy atom. The van der Waals surface area contributed by atoms with Crippen LogP contribution in [0.5, 0.6) is 0 Å². The summed E-state index contributed by atoms with van der Waals surface area (Å²) in [6.07, 6.45) is 19.8. The molecular formula is C18H38Na. The van der Waals surface area contributed by atoms with Crippen LogP contribution in [0, 0.1) is 12.8 Å². The zero-order valence-corrected chi connectivity index (χ0v) is 13.2. The van der Waals surface area contributed by atoms with E-state index in [4.69, 9.17) is 0 Å². The average molecular weight is 277 g/mol. The molecule has 0 heterocycles. The first-order valence-corrected chi connectivity index (χ1v) is 8.60. The fourth-order valence-corrected chi connectivity index (χ4v) is 2.62. The van der Waals surface area contributed by atoms with Gasteiger partial charge in [-0.3, -0.25) is 0 Å². The third kappa shape index (κ3) is 19.0. The van der Waals surface area contributed by atoms with Gasteiger partial charge in [-0.25, -0.2) is 0 Å². The van der Waals surface area contributed by atoms with Gasteiger partial charge in [-0.05, 0) is 5.92 Å². The van der Waals surface area contributed by atoms with E-state index in [0.717, 1.165) is 12.3 Å². The molecule has 0 fully saturated rings. The molecule has 0 saturated heterocycles. The van der Waals surface area contributed by atoms with Gasteiger partial charge in [0.1, 0.15) is 0 Å². The Balaban J connectivity index is 0. The maximum atomic E-state index is 3.90. The Hall–Kier alpha value is 1.00. The van der Waals surface area contributed by atoms with Crippen molar-refractivity contribution in [2.45, 2.75) is 104 Å². The van der Waals surface area contributed by atoms with Crippen LogP contribution in [0.4, 0.5) is 0 Å². The Labute approximate surface area is 145 Å². The van der Waals surface area contributed by atoms with E-state index in [0.29, 0.717) is 0 Å². The molecule has 1 atom stereocenters. The van der Waals surface area contributed by atoms with Crippen LogP contribution in [0.25, 0.3) is 0 Å². The van der Waals surface area contributed by atoms with E-state index in [1.165, 1.54) is 83.5 Å². The third-order valence-electron chi connectivity index (χ3n) is 4.00. The molecule has 1 heteroatoms. The van der Waals surface area contributed by atoms with Crippen LogP contribution in [-0.4, -0.2) is 29.6 Å². The fraction of sp³-hybridized carbons (Fsp3) is 0.944. The summed E-state index contributed by atoms with van der Waals surface area (Å²) < 4.78 is 0. The minimum absolute atomic E-state index is 0. The van der Waals surface area contributed by atoms with Crippen molar-refractivity contribution in [1.29, 1.82) is 0 Å². The molecule has 0 N–H and O–H groups in total. The van der Waals surface area contributed by atoms with Gasteiger partial charge in [-0.15, -0.1) is 0 Å². The van der Waals surface area contributed by atoms with E-state index in [1.807, 2.05) is 0 Å². The van der Waals surface area contributed by atoms with E-state index < -0.39 is 0 Å². The van der Waals surface area contributed by atoms with Crippen molar-refractivity contribution in [1.82, 2.24) is 0 Å². The Morgan fingerprint density at radius 2 is 1.11 bits per heavy atom. The quantitative estimate of drug-likeness (QED) is 0.258. The summed E-state index contributed by atoms with van der Waals surface area (Å²) in [5, 5.41) is 0. The second kappa shape index (κ2) is 19.0. The molecule has 0 rings (SSSR count). The van der Waals surface area contributed by atoms with Crippen molar-refractivity contribution in [3.05, 3.63) is 6.92 Å². The second-order valence-corrected chi connectivity index (χ2v) is 6.07. The zero-order valence-electron chi connectivity index (χ0n) is 13.2. The molecule has 0 aliphatic rings. The molecule has 0 amide bonds. The number of rotatable bonds is 14. The van der Waals surface area contributed by atoms with Crippen LogP contribution < -0.4 is 0 Å². The summed E-state index contributed by atoms with van der Waals surface area (Å²) in [4.78, 5) is 0. The predicted molar refractivity (Wildman–Crippen MR) is 92.0 cm³/mol. The van der Waals surface area contributed by atoms with Gasteiger partial charge in [0.2, 0.25) is 0 Å². The summed E-state index contributed by atoms with van der Waals surface area (Å²) in [6.45, 7) is 8.63. The molecule has 0 nitrogen and oxygen atoms in total. The maximum absolute atomic E-state index is 3.90. The van der Waals surface area contributed by atoms with Crippen molar-refractivity contribution in [2.75, 3.05) is 0 Å². The van der Waals surface area contributed by atoms with E-state index in [-0.39, 0.29) is 29.6 Å². The van der Waals surface area contributed by atoms with Crippen molar-refractivity contribution in [3.63, 3.8) is 0 Å². The summed E-state index contributed by atoms with van der Waals surface area (Å²) in [5.41, 5.74) is 0. The first kappa shape index (κ1) is 22.3. The van der Waals surface area contributed by atoms with Crippen LogP contribution in [0.2, 0.25) is 0 Å². The molecule has 19 heavy (non-hydrogen) atoms. The summed E-state index contributed by atoms with van der Waals surface area (Å²) in [5.74, 6) is 0.954. The van der Waals surface area contributed by atoms with Crippen LogP contribution in [0.3, 0.4) is 0 Å². The van der Waals surface area contributed by atoms with Crippen LogP contribution in [0.1, 0.15) is 104 Å². The molecule has 0 aromatic rings. The molecule has 1 radical (unpaired) electrons. The first-order valence-electron chi connectivity index (χ1n) is 8.60. The van der Waals surface area contributed by atoms with Gasteiger partial charge in [-0.1, -0.05) is 111 Å². The van der Waals surface area contributed by atoms with Crippen molar-refractivity contribution in [2.24, 2.45) is 5.92 Å². The molecule has 0 spiro atoms. The van der Waals surface area contributed by atoms with E-state index in [1.54, 1.807) is 0 Å². The zero-order chi connectivity index (χ0) is 13.5. The SMILES string of the molecule is [CH2]CCCCCC(C)CCCCCCCCCC.[NaH]. The summed E-state index contributed by atoms with van der Waals surface area (Å²) in [7, 11) is 0. The third-order valence-corrected chi connectivity index (χ3v) is 4.00. The first-order chi connectivity index (χ1) is 8.81. The van der Waals surface area contributed by atoms with E-state index in [2.05, 4.69) is 20.8 Å². The number of hydrogen-bond acceptors (Lipinski definition) is 0. The van der Waals surface area contributed by atoms with Gasteiger partial charge in [0.25, 0.3) is 0 Å². The van der Waals surface area contributed by atoms with Crippen molar-refractivity contribution >= 4 is 29.6 Å². The van der Waals surface area contributed by atoms with E-state index in [9.17, 15) is 0 Å². The second-order valence-electron chi connectivity index (χ2n) is 6.07. The molecule has 1 unspecified atom stereocenters. The number of hydrogen-bond donors (Lipinski definition) is 0. The van der Waals surface area contributed by atoms with E-state index >= 15 is 0 Å². The van der Waals surface area contributed by atoms with Gasteiger partial charge in [-0.2, -0.15) is 0 Å². The monoisotopic (exact) mass is 277 g/mol. The standard InChI is InChI=1S/C18H37.Na.H/c1-4-6-8-10-11-12-13-15-17-18(3)16-14-9-7-5-2;;/h18H,2,4-17H2,1,3H3;;. The molecular weight excluding hydrogens is 239 g/mol. The molecule has 0 bridgehead atoms. The molecule has 0 saturated carbocycles. The summed E-state index contributed by atoms with van der Waals surface area (Å²) in [6, 6.07) is 0. The predicted octanol–water partition coefficient (Wildman–Crippen LogP) is 6.29. The van der Waals surface area contributed by atoms with Gasteiger partial charge < -0.3 is 0 Å². The van der Waals surface area contributed by atoms with Crippen molar-refractivity contribution in [3.8, 4) is 0 Å². The molecule has 0 aromatic carbocycles. The molecule has 0 aliphatic heterocycles.